The number of nitrogens with one attached hydrogen (secondary N) is 2. The first-order chi connectivity index (χ1) is 12.5. The molecule has 0 atom stereocenters. The third kappa shape index (κ3) is 5.79. The minimum Gasteiger partial charge on any atom is -0.384 e. The molecular weight excluding hydrogens is 326 g/mol. The molecule has 1 aromatic carbocycles. The number of ether oxygens (including phenoxy) is 1. The molecule has 1 fully saturated rings. The second-order valence-electron chi connectivity index (χ2n) is 7.72. The minimum absolute atomic E-state index is 0.00164. The highest BCUT2D eigenvalue weighted by Crippen LogP contribution is 2.28. The Labute approximate surface area is 158 Å². The molecule has 5 nitrogen and oxygen atoms in total. The van der Waals surface area contributed by atoms with Crippen molar-refractivity contribution in [2.75, 3.05) is 39.9 Å². The molecule has 0 aliphatic carbocycles. The molecular formula is C21H35N3O2. The lowest BCUT2D eigenvalue weighted by Crippen LogP contribution is -2.47. The molecule has 0 radical (unpaired) electrons. The van der Waals surface area contributed by atoms with E-state index in [0.29, 0.717) is 19.2 Å². The zero-order valence-electron chi connectivity index (χ0n) is 16.8. The van der Waals surface area contributed by atoms with Crippen molar-refractivity contribution in [1.82, 2.24) is 15.5 Å². The molecule has 0 bridgehead atoms. The Balaban J connectivity index is 1.92. The Kier molecular flexibility index (Phi) is 8.07. The molecule has 0 spiro atoms. The zero-order chi connectivity index (χ0) is 19.0. The van der Waals surface area contributed by atoms with Gasteiger partial charge in [0.05, 0.1) is 6.61 Å². The highest BCUT2D eigenvalue weighted by Gasteiger charge is 2.32. The standard InChI is InChI=1S/C21H35N3O2/c1-5-24(17(2)3)14-18-6-8-19(9-7-18)20(25)23-15-21(16-26-4)10-12-22-13-11-21/h6-9,17,22H,5,10-16H2,1-4H3,(H,23,25). The molecule has 1 aliphatic heterocycles. The van der Waals surface area contributed by atoms with Gasteiger partial charge in [0.15, 0.2) is 0 Å². The van der Waals surface area contributed by atoms with Crippen LogP contribution < -0.4 is 10.6 Å². The number of hydrogen-bond donors (Lipinski definition) is 2. The van der Waals surface area contributed by atoms with Crippen LogP contribution in [0.15, 0.2) is 24.3 Å². The van der Waals surface area contributed by atoms with E-state index in [1.807, 2.05) is 12.1 Å². The van der Waals surface area contributed by atoms with Crippen molar-refractivity contribution >= 4 is 5.91 Å². The number of benzene rings is 1. The van der Waals surface area contributed by atoms with Crippen LogP contribution in [-0.4, -0.2) is 56.7 Å². The largest absolute Gasteiger partial charge is 0.384 e. The second-order valence-corrected chi connectivity index (χ2v) is 7.72. The summed E-state index contributed by atoms with van der Waals surface area (Å²) in [6, 6.07) is 8.52. The minimum atomic E-state index is 0.00164. The number of rotatable bonds is 9. The van der Waals surface area contributed by atoms with Crippen molar-refractivity contribution in [2.45, 2.75) is 46.2 Å². The van der Waals surface area contributed by atoms with Gasteiger partial charge in [-0.25, -0.2) is 0 Å². The maximum absolute atomic E-state index is 12.6. The van der Waals surface area contributed by atoms with Crippen LogP contribution in [0.1, 0.15) is 49.5 Å². The van der Waals surface area contributed by atoms with E-state index >= 15 is 0 Å². The van der Waals surface area contributed by atoms with E-state index in [9.17, 15) is 4.79 Å². The molecule has 5 heteroatoms. The Morgan fingerprint density at radius 1 is 1.27 bits per heavy atom. The van der Waals surface area contributed by atoms with Crippen molar-refractivity contribution in [2.24, 2.45) is 5.41 Å². The SMILES string of the molecule is CCN(Cc1ccc(C(=O)NCC2(COC)CCNCC2)cc1)C(C)C. The summed E-state index contributed by atoms with van der Waals surface area (Å²) in [5.41, 5.74) is 2.02. The van der Waals surface area contributed by atoms with Crippen molar-refractivity contribution < 1.29 is 9.53 Å². The van der Waals surface area contributed by atoms with Gasteiger partial charge in [-0.05, 0) is 64.0 Å². The van der Waals surface area contributed by atoms with Crippen LogP contribution in [0.3, 0.4) is 0 Å². The molecule has 0 unspecified atom stereocenters. The van der Waals surface area contributed by atoms with Crippen LogP contribution in [0.5, 0.6) is 0 Å². The van der Waals surface area contributed by atoms with Gasteiger partial charge in [0, 0.05) is 37.2 Å². The van der Waals surface area contributed by atoms with E-state index in [2.05, 4.69) is 48.4 Å². The van der Waals surface area contributed by atoms with Gasteiger partial charge in [0.25, 0.3) is 5.91 Å². The lowest BCUT2D eigenvalue weighted by atomic mass is 9.79. The van der Waals surface area contributed by atoms with Gasteiger partial charge < -0.3 is 15.4 Å². The van der Waals surface area contributed by atoms with E-state index < -0.39 is 0 Å². The summed E-state index contributed by atoms with van der Waals surface area (Å²) in [5.74, 6) is 0.00164. The summed E-state index contributed by atoms with van der Waals surface area (Å²) in [4.78, 5) is 15.0. The molecule has 1 aliphatic rings. The maximum atomic E-state index is 12.6. The Bertz CT molecular complexity index is 545. The number of methoxy groups -OCH3 is 1. The van der Waals surface area contributed by atoms with E-state index in [4.69, 9.17) is 4.74 Å². The smallest absolute Gasteiger partial charge is 0.251 e. The van der Waals surface area contributed by atoms with Gasteiger partial charge >= 0.3 is 0 Å². The first-order valence-corrected chi connectivity index (χ1v) is 9.80. The molecule has 146 valence electrons. The molecule has 1 heterocycles. The van der Waals surface area contributed by atoms with E-state index in [1.54, 1.807) is 7.11 Å². The van der Waals surface area contributed by atoms with E-state index in [0.717, 1.165) is 44.6 Å². The predicted molar refractivity (Wildman–Crippen MR) is 106 cm³/mol. The zero-order valence-corrected chi connectivity index (χ0v) is 16.8. The highest BCUT2D eigenvalue weighted by molar-refractivity contribution is 5.94. The number of nitrogens with zero attached hydrogens (tertiary/aromatic N) is 1. The van der Waals surface area contributed by atoms with Crippen LogP contribution in [0.4, 0.5) is 0 Å². The van der Waals surface area contributed by atoms with Crippen molar-refractivity contribution in [3.63, 3.8) is 0 Å². The molecule has 2 rings (SSSR count). The monoisotopic (exact) mass is 361 g/mol. The molecule has 1 aromatic rings. The fourth-order valence-electron chi connectivity index (χ4n) is 3.66. The average molecular weight is 362 g/mol. The van der Waals surface area contributed by atoms with Gasteiger partial charge in [-0.2, -0.15) is 0 Å². The maximum Gasteiger partial charge on any atom is 0.251 e. The second kappa shape index (κ2) is 10.0. The number of piperidine rings is 1. The Hall–Kier alpha value is -1.43. The molecule has 1 saturated heterocycles. The van der Waals surface area contributed by atoms with Crippen LogP contribution >= 0.6 is 0 Å². The lowest BCUT2D eigenvalue weighted by molar-refractivity contribution is 0.0512. The van der Waals surface area contributed by atoms with Gasteiger partial charge in [0.1, 0.15) is 0 Å². The first kappa shape index (κ1) is 20.9. The predicted octanol–water partition coefficient (Wildman–Crippen LogP) is 2.66. The molecule has 2 N–H and O–H groups in total. The topological polar surface area (TPSA) is 53.6 Å². The number of amides is 1. The number of carbonyl (C=O) groups is 1. The number of hydrogen-bond acceptors (Lipinski definition) is 4. The third-order valence-corrected chi connectivity index (χ3v) is 5.48. The Morgan fingerprint density at radius 3 is 2.46 bits per heavy atom. The summed E-state index contributed by atoms with van der Waals surface area (Å²) in [6.07, 6.45) is 2.06. The van der Waals surface area contributed by atoms with Gasteiger partial charge in [-0.15, -0.1) is 0 Å². The molecule has 1 amide bonds. The van der Waals surface area contributed by atoms with Gasteiger partial charge in [-0.1, -0.05) is 19.1 Å². The van der Waals surface area contributed by atoms with Gasteiger partial charge in [0.2, 0.25) is 0 Å². The molecule has 0 aromatic heterocycles. The van der Waals surface area contributed by atoms with Crippen molar-refractivity contribution in [3.8, 4) is 0 Å². The average Bonchev–Trinajstić information content (AvgIpc) is 2.65. The highest BCUT2D eigenvalue weighted by atomic mass is 16.5. The number of carbonyl (C=O) groups excluding carboxylic acids is 1. The summed E-state index contributed by atoms with van der Waals surface area (Å²) in [7, 11) is 1.74. The summed E-state index contributed by atoms with van der Waals surface area (Å²) < 4.78 is 5.42. The Morgan fingerprint density at radius 2 is 1.92 bits per heavy atom. The summed E-state index contributed by atoms with van der Waals surface area (Å²) >= 11 is 0. The van der Waals surface area contributed by atoms with Crippen LogP contribution in [0.25, 0.3) is 0 Å². The normalized spacial score (nSPS) is 16.8. The van der Waals surface area contributed by atoms with Crippen LogP contribution in [0.2, 0.25) is 0 Å². The molecule has 0 saturated carbocycles. The van der Waals surface area contributed by atoms with E-state index in [-0.39, 0.29) is 11.3 Å². The van der Waals surface area contributed by atoms with Crippen molar-refractivity contribution in [1.29, 1.82) is 0 Å². The molecule has 26 heavy (non-hydrogen) atoms. The van der Waals surface area contributed by atoms with Crippen molar-refractivity contribution in [3.05, 3.63) is 35.4 Å². The first-order valence-electron chi connectivity index (χ1n) is 9.80. The van der Waals surface area contributed by atoms with Crippen LogP contribution in [0, 0.1) is 5.41 Å². The van der Waals surface area contributed by atoms with Gasteiger partial charge in [-0.3, -0.25) is 9.69 Å². The fraction of sp³-hybridized carbons (Fsp3) is 0.667. The third-order valence-electron chi connectivity index (χ3n) is 5.48. The lowest BCUT2D eigenvalue weighted by Gasteiger charge is -2.37. The summed E-state index contributed by atoms with van der Waals surface area (Å²) in [6.45, 7) is 11.9. The van der Waals surface area contributed by atoms with E-state index in [1.165, 1.54) is 5.56 Å². The quantitative estimate of drug-likeness (QED) is 0.710. The fourth-order valence-corrected chi connectivity index (χ4v) is 3.66. The summed E-state index contributed by atoms with van der Waals surface area (Å²) in [5, 5.41) is 6.51. The van der Waals surface area contributed by atoms with Crippen LogP contribution in [-0.2, 0) is 11.3 Å².